The molecule has 0 saturated carbocycles. The summed E-state index contributed by atoms with van der Waals surface area (Å²) in [7, 11) is 1.66. The molecule has 34 heavy (non-hydrogen) atoms. The first kappa shape index (κ1) is 22.8. The number of hydrogen-bond donors (Lipinski definition) is 2. The molecule has 3 aromatic rings. The molecule has 1 aliphatic heterocycles. The van der Waals surface area contributed by atoms with Crippen LogP contribution in [-0.2, 0) is 19.7 Å². The topological polar surface area (TPSA) is 104 Å². The molecule has 0 aliphatic carbocycles. The second-order valence-corrected chi connectivity index (χ2v) is 7.85. The standard InChI is InChI=1S/C24H23FN4O5/c1-27-11-12-28-14-19(21(20(28)23(27)31)34-15-17-5-3-2-4-6-17)22(30)29(26-24(32)33)13-16-7-9-18(25)10-8-16/h2-10,14,26H,11-13,15H2,1H3,(H,32,33). The number of carbonyl (C=O) groups excluding carboxylic acids is 2. The number of ether oxygens (including phenoxy) is 1. The number of aromatic nitrogens is 1. The summed E-state index contributed by atoms with van der Waals surface area (Å²) in [6.45, 7) is 0.868. The van der Waals surface area contributed by atoms with Gasteiger partial charge >= 0.3 is 6.09 Å². The van der Waals surface area contributed by atoms with Gasteiger partial charge in [0.05, 0.1) is 6.54 Å². The van der Waals surface area contributed by atoms with E-state index in [4.69, 9.17) is 4.74 Å². The van der Waals surface area contributed by atoms with Crippen molar-refractivity contribution in [3.63, 3.8) is 0 Å². The zero-order valence-electron chi connectivity index (χ0n) is 18.4. The molecule has 10 heteroatoms. The van der Waals surface area contributed by atoms with Crippen molar-refractivity contribution in [2.75, 3.05) is 13.6 Å². The molecule has 0 spiro atoms. The van der Waals surface area contributed by atoms with Crippen molar-refractivity contribution in [1.29, 1.82) is 0 Å². The van der Waals surface area contributed by atoms with Crippen LogP contribution in [0.1, 0.15) is 32.0 Å². The quantitative estimate of drug-likeness (QED) is 0.544. The molecule has 2 aromatic carbocycles. The zero-order valence-corrected chi connectivity index (χ0v) is 18.4. The summed E-state index contributed by atoms with van der Waals surface area (Å²) in [4.78, 5) is 39.4. The van der Waals surface area contributed by atoms with E-state index in [2.05, 4.69) is 5.43 Å². The molecule has 176 valence electrons. The number of rotatable bonds is 6. The van der Waals surface area contributed by atoms with E-state index in [1.165, 1.54) is 35.4 Å². The maximum Gasteiger partial charge on any atom is 0.423 e. The molecule has 0 radical (unpaired) electrons. The summed E-state index contributed by atoms with van der Waals surface area (Å²) in [6, 6.07) is 14.6. The van der Waals surface area contributed by atoms with Crippen LogP contribution in [0.5, 0.6) is 5.75 Å². The number of carboxylic acid groups (broad SMARTS) is 1. The van der Waals surface area contributed by atoms with Gasteiger partial charge in [0.2, 0.25) is 0 Å². The second kappa shape index (κ2) is 9.65. The summed E-state index contributed by atoms with van der Waals surface area (Å²) < 4.78 is 20.9. The molecular weight excluding hydrogens is 443 g/mol. The van der Waals surface area contributed by atoms with E-state index >= 15 is 0 Å². The summed E-state index contributed by atoms with van der Waals surface area (Å²) in [5.74, 6) is -1.37. The number of amides is 3. The summed E-state index contributed by atoms with van der Waals surface area (Å²) in [6.07, 6.45) is 0.0615. The fourth-order valence-electron chi connectivity index (χ4n) is 3.70. The Kier molecular flexibility index (Phi) is 6.48. The van der Waals surface area contributed by atoms with Crippen LogP contribution >= 0.6 is 0 Å². The van der Waals surface area contributed by atoms with Gasteiger partial charge in [-0.3, -0.25) is 9.59 Å². The molecule has 3 amide bonds. The number of likely N-dealkylation sites (N-methyl/N-ethyl adjacent to an activating group) is 1. The van der Waals surface area contributed by atoms with Crippen molar-refractivity contribution < 1.29 is 28.6 Å². The Hall–Kier alpha value is -4.34. The van der Waals surface area contributed by atoms with Crippen molar-refractivity contribution in [2.45, 2.75) is 19.7 Å². The monoisotopic (exact) mass is 466 g/mol. The summed E-state index contributed by atoms with van der Waals surface area (Å²) in [5.41, 5.74) is 3.71. The SMILES string of the molecule is CN1CCn2cc(C(=O)N(Cc3ccc(F)cc3)NC(=O)O)c(OCc3ccccc3)c2C1=O. The Labute approximate surface area is 194 Å². The van der Waals surface area contributed by atoms with E-state index in [-0.39, 0.29) is 36.1 Å². The molecule has 0 saturated heterocycles. The number of nitrogens with zero attached hydrogens (tertiary/aromatic N) is 3. The van der Waals surface area contributed by atoms with Gasteiger partial charge in [-0.05, 0) is 23.3 Å². The molecule has 1 aromatic heterocycles. The Morgan fingerprint density at radius 2 is 1.79 bits per heavy atom. The lowest BCUT2D eigenvalue weighted by atomic mass is 10.2. The first-order chi connectivity index (χ1) is 16.3. The number of halogens is 1. The lowest BCUT2D eigenvalue weighted by Crippen LogP contribution is -2.45. The van der Waals surface area contributed by atoms with Gasteiger partial charge in [-0.25, -0.2) is 19.6 Å². The van der Waals surface area contributed by atoms with E-state index in [0.717, 1.165) is 10.6 Å². The van der Waals surface area contributed by atoms with E-state index in [0.29, 0.717) is 18.7 Å². The number of carbonyl (C=O) groups is 3. The lowest BCUT2D eigenvalue weighted by Gasteiger charge is -2.25. The van der Waals surface area contributed by atoms with Gasteiger partial charge < -0.3 is 19.3 Å². The van der Waals surface area contributed by atoms with Crippen molar-refractivity contribution in [2.24, 2.45) is 0 Å². The van der Waals surface area contributed by atoms with E-state index in [1.54, 1.807) is 11.6 Å². The molecule has 4 rings (SSSR count). The molecule has 1 aliphatic rings. The largest absolute Gasteiger partial charge is 0.486 e. The average Bonchev–Trinajstić information content (AvgIpc) is 3.20. The molecule has 0 atom stereocenters. The molecule has 0 unspecified atom stereocenters. The van der Waals surface area contributed by atoms with Crippen LogP contribution in [0.15, 0.2) is 60.8 Å². The molecule has 0 fully saturated rings. The number of hydrazine groups is 1. The third-order valence-corrected chi connectivity index (χ3v) is 5.44. The van der Waals surface area contributed by atoms with Gasteiger partial charge in [0.25, 0.3) is 11.8 Å². The van der Waals surface area contributed by atoms with Crippen LogP contribution in [-0.4, -0.2) is 51.1 Å². The molecule has 2 N–H and O–H groups in total. The highest BCUT2D eigenvalue weighted by molar-refractivity contribution is 6.04. The number of hydrogen-bond acceptors (Lipinski definition) is 4. The van der Waals surface area contributed by atoms with E-state index in [1.807, 2.05) is 30.3 Å². The Morgan fingerprint density at radius 3 is 2.47 bits per heavy atom. The van der Waals surface area contributed by atoms with Crippen LogP contribution in [0.25, 0.3) is 0 Å². The van der Waals surface area contributed by atoms with Gasteiger partial charge in [-0.2, -0.15) is 0 Å². The summed E-state index contributed by atoms with van der Waals surface area (Å²) in [5, 5.41) is 10.2. The van der Waals surface area contributed by atoms with Crippen LogP contribution < -0.4 is 10.2 Å². The fourth-order valence-corrected chi connectivity index (χ4v) is 3.70. The fraction of sp³-hybridized carbons (Fsp3) is 0.208. The predicted molar refractivity (Wildman–Crippen MR) is 120 cm³/mol. The minimum atomic E-state index is -1.44. The van der Waals surface area contributed by atoms with Crippen LogP contribution in [0.4, 0.5) is 9.18 Å². The molecule has 2 heterocycles. The smallest absolute Gasteiger partial charge is 0.423 e. The van der Waals surface area contributed by atoms with Crippen LogP contribution in [0.3, 0.4) is 0 Å². The van der Waals surface area contributed by atoms with E-state index in [9.17, 15) is 23.9 Å². The van der Waals surface area contributed by atoms with E-state index < -0.39 is 17.8 Å². The number of nitrogens with one attached hydrogen (secondary N) is 1. The van der Waals surface area contributed by atoms with Crippen LogP contribution in [0.2, 0.25) is 0 Å². The minimum Gasteiger partial charge on any atom is -0.486 e. The maximum atomic E-state index is 13.5. The Balaban J connectivity index is 1.70. The first-order valence-electron chi connectivity index (χ1n) is 10.5. The van der Waals surface area contributed by atoms with Gasteiger partial charge in [0.15, 0.2) is 11.4 Å². The van der Waals surface area contributed by atoms with Gasteiger partial charge in [0, 0.05) is 26.3 Å². The van der Waals surface area contributed by atoms with Crippen molar-refractivity contribution in [3.05, 3.63) is 89.0 Å². The highest BCUT2D eigenvalue weighted by Gasteiger charge is 2.33. The van der Waals surface area contributed by atoms with Gasteiger partial charge in [-0.1, -0.05) is 42.5 Å². The zero-order chi connectivity index (χ0) is 24.2. The maximum absolute atomic E-state index is 13.5. The highest BCUT2D eigenvalue weighted by Crippen LogP contribution is 2.32. The average molecular weight is 466 g/mol. The van der Waals surface area contributed by atoms with Crippen molar-refractivity contribution >= 4 is 17.9 Å². The Bertz CT molecular complexity index is 1210. The Morgan fingerprint density at radius 1 is 1.09 bits per heavy atom. The molecular formula is C24H23FN4O5. The van der Waals surface area contributed by atoms with Gasteiger partial charge in [-0.15, -0.1) is 0 Å². The van der Waals surface area contributed by atoms with Crippen molar-refractivity contribution in [3.8, 4) is 5.75 Å². The molecule has 9 nitrogen and oxygen atoms in total. The third-order valence-electron chi connectivity index (χ3n) is 5.44. The van der Waals surface area contributed by atoms with Gasteiger partial charge in [0.1, 0.15) is 18.0 Å². The summed E-state index contributed by atoms with van der Waals surface area (Å²) >= 11 is 0. The second-order valence-electron chi connectivity index (χ2n) is 7.85. The molecule has 0 bridgehead atoms. The first-order valence-corrected chi connectivity index (χ1v) is 10.5. The highest BCUT2D eigenvalue weighted by atomic mass is 19.1. The number of fused-ring (bicyclic) bond motifs is 1. The normalized spacial score (nSPS) is 12.8. The predicted octanol–water partition coefficient (Wildman–Crippen LogP) is 3.12. The minimum absolute atomic E-state index is 0.0467. The number of benzene rings is 2. The third kappa shape index (κ3) is 4.85. The van der Waals surface area contributed by atoms with Crippen LogP contribution in [0, 0.1) is 5.82 Å². The van der Waals surface area contributed by atoms with Crippen molar-refractivity contribution in [1.82, 2.24) is 19.9 Å². The lowest BCUT2D eigenvalue weighted by molar-refractivity contribution is 0.0625.